The van der Waals surface area contributed by atoms with E-state index in [0.29, 0.717) is 42.8 Å². The maximum absolute atomic E-state index is 13.9. The average molecular weight is 634 g/mol. The Kier molecular flexibility index (Phi) is 9.35. The molecule has 1 aliphatic heterocycles. The van der Waals surface area contributed by atoms with E-state index in [1.54, 1.807) is 36.6 Å². The van der Waals surface area contributed by atoms with E-state index in [1.165, 1.54) is 11.3 Å². The lowest BCUT2D eigenvalue weighted by atomic mass is 9.95. The number of ether oxygens (including phenoxy) is 2. The summed E-state index contributed by atoms with van der Waals surface area (Å²) in [6, 6.07) is 18.2. The molecule has 3 aromatic carbocycles. The largest absolute Gasteiger partial charge is 0.489 e. The third-order valence-corrected chi connectivity index (χ3v) is 8.62. The van der Waals surface area contributed by atoms with Crippen LogP contribution in [0.25, 0.3) is 6.08 Å². The first-order chi connectivity index (χ1) is 20.7. The summed E-state index contributed by atoms with van der Waals surface area (Å²) in [6.07, 6.45) is 4.21. The molecular weight excluding hydrogens is 603 g/mol. The minimum Gasteiger partial charge on any atom is -0.489 e. The Morgan fingerprint density at radius 2 is 1.84 bits per heavy atom. The molecule has 9 heteroatoms. The highest BCUT2D eigenvalue weighted by molar-refractivity contribution is 7.07. The van der Waals surface area contributed by atoms with Gasteiger partial charge in [0, 0.05) is 15.6 Å². The average Bonchev–Trinajstić information content (AvgIpc) is 3.27. The fraction of sp³-hybridized carbons (Fsp3) is 0.206. The van der Waals surface area contributed by atoms with Gasteiger partial charge in [0.05, 0.1) is 28.5 Å². The lowest BCUT2D eigenvalue weighted by Crippen LogP contribution is -2.39. The van der Waals surface area contributed by atoms with Gasteiger partial charge in [-0.2, -0.15) is 0 Å². The van der Waals surface area contributed by atoms with E-state index < -0.39 is 12.0 Å². The molecule has 0 saturated carbocycles. The molecule has 0 unspecified atom stereocenters. The molecule has 5 rings (SSSR count). The first kappa shape index (κ1) is 30.5. The zero-order chi connectivity index (χ0) is 30.7. The van der Waals surface area contributed by atoms with Crippen molar-refractivity contribution in [2.75, 3.05) is 6.61 Å². The number of benzene rings is 3. The molecule has 6 nitrogen and oxygen atoms in total. The van der Waals surface area contributed by atoms with Crippen LogP contribution in [0.3, 0.4) is 0 Å². The number of fused-ring (bicyclic) bond motifs is 1. The second-order valence-corrected chi connectivity index (χ2v) is 12.0. The summed E-state index contributed by atoms with van der Waals surface area (Å²) in [5.74, 6) is 0.215. The van der Waals surface area contributed by atoms with Crippen molar-refractivity contribution in [3.8, 4) is 5.75 Å². The highest BCUT2D eigenvalue weighted by Crippen LogP contribution is 2.31. The van der Waals surface area contributed by atoms with Crippen LogP contribution in [0.2, 0.25) is 10.0 Å². The highest BCUT2D eigenvalue weighted by Gasteiger charge is 2.33. The van der Waals surface area contributed by atoms with Crippen LogP contribution in [0.4, 0.5) is 0 Å². The van der Waals surface area contributed by atoms with E-state index in [2.05, 4.69) is 11.6 Å². The molecule has 0 saturated heterocycles. The van der Waals surface area contributed by atoms with Gasteiger partial charge in [0.15, 0.2) is 4.80 Å². The van der Waals surface area contributed by atoms with E-state index in [0.717, 1.165) is 27.8 Å². The number of allylic oxidation sites excluding steroid dienone is 2. The van der Waals surface area contributed by atoms with Crippen molar-refractivity contribution in [1.82, 2.24) is 4.57 Å². The summed E-state index contributed by atoms with van der Waals surface area (Å²) in [5, 5.41) is 1.10. The van der Waals surface area contributed by atoms with E-state index in [1.807, 2.05) is 61.5 Å². The summed E-state index contributed by atoms with van der Waals surface area (Å²) in [6.45, 7) is 9.92. The molecule has 4 aromatic rings. The van der Waals surface area contributed by atoms with Gasteiger partial charge in [-0.3, -0.25) is 9.36 Å². The van der Waals surface area contributed by atoms with Crippen LogP contribution in [-0.2, 0) is 22.6 Å². The lowest BCUT2D eigenvalue weighted by molar-refractivity contribution is -0.139. The van der Waals surface area contributed by atoms with Gasteiger partial charge < -0.3 is 9.47 Å². The Labute approximate surface area is 263 Å². The van der Waals surface area contributed by atoms with Crippen LogP contribution < -0.4 is 19.6 Å². The van der Waals surface area contributed by atoms with Crippen molar-refractivity contribution in [3.05, 3.63) is 142 Å². The minimum absolute atomic E-state index is 0.222. The van der Waals surface area contributed by atoms with E-state index in [9.17, 15) is 9.59 Å². The van der Waals surface area contributed by atoms with Crippen molar-refractivity contribution in [3.63, 3.8) is 0 Å². The number of rotatable bonds is 9. The molecule has 1 aliphatic rings. The number of thiazole rings is 1. The van der Waals surface area contributed by atoms with Crippen molar-refractivity contribution in [1.29, 1.82) is 0 Å². The summed E-state index contributed by atoms with van der Waals surface area (Å²) >= 11 is 13.6. The summed E-state index contributed by atoms with van der Waals surface area (Å²) in [7, 11) is 0. The number of hydrogen-bond acceptors (Lipinski definition) is 6. The molecular formula is C34H30Cl2N2O4S. The van der Waals surface area contributed by atoms with Gasteiger partial charge in [0.2, 0.25) is 0 Å². The van der Waals surface area contributed by atoms with Gasteiger partial charge in [-0.05, 0) is 74.2 Å². The SMILES string of the molecule is C=CCc1cc(/C=c2/sc3n(c2=O)[C@@H](c2ccc(C)cc2)C(C(=O)OCC)=C(C)N=3)ccc1OCc1ccc(Cl)cc1Cl. The molecule has 1 atom stereocenters. The van der Waals surface area contributed by atoms with Crippen molar-refractivity contribution in [2.45, 2.75) is 39.8 Å². The fourth-order valence-corrected chi connectivity index (χ4v) is 6.46. The van der Waals surface area contributed by atoms with Gasteiger partial charge in [0.1, 0.15) is 12.4 Å². The second kappa shape index (κ2) is 13.2. The molecule has 0 fully saturated rings. The Morgan fingerprint density at radius 3 is 2.53 bits per heavy atom. The lowest BCUT2D eigenvalue weighted by Gasteiger charge is -2.24. The molecule has 0 N–H and O–H groups in total. The fourth-order valence-electron chi connectivity index (χ4n) is 4.95. The van der Waals surface area contributed by atoms with E-state index in [-0.39, 0.29) is 18.8 Å². The number of aromatic nitrogens is 1. The number of halogens is 2. The monoisotopic (exact) mass is 632 g/mol. The number of aryl methyl sites for hydroxylation is 1. The standard InChI is InChI=1S/C34H30Cl2N2O4S/c1-5-7-24-16-22(10-15-28(24)42-19-25-13-14-26(35)18-27(25)36)17-29-32(39)38-31(23-11-8-20(3)9-12-23)30(33(40)41-6-2)21(4)37-34(38)43-29/h5,8-18,31H,1,6-7,19H2,2-4H3/b29-17+/t31-/m0/s1. The quantitative estimate of drug-likeness (QED) is 0.152. The van der Waals surface area contributed by atoms with Crippen LogP contribution >= 0.6 is 34.5 Å². The van der Waals surface area contributed by atoms with E-state index >= 15 is 0 Å². The third-order valence-electron chi connectivity index (χ3n) is 7.05. The van der Waals surface area contributed by atoms with Crippen LogP contribution in [0.5, 0.6) is 5.75 Å². The van der Waals surface area contributed by atoms with Crippen LogP contribution in [0.15, 0.2) is 94.4 Å². The normalized spacial score (nSPS) is 14.7. The number of esters is 1. The summed E-state index contributed by atoms with van der Waals surface area (Å²) < 4.78 is 13.6. The molecule has 0 bridgehead atoms. The van der Waals surface area contributed by atoms with Gasteiger partial charge in [-0.15, -0.1) is 6.58 Å². The molecule has 1 aromatic heterocycles. The van der Waals surface area contributed by atoms with Gasteiger partial charge in [-0.1, -0.05) is 82.6 Å². The predicted octanol–water partition coefficient (Wildman–Crippen LogP) is 6.72. The van der Waals surface area contributed by atoms with E-state index in [4.69, 9.17) is 32.7 Å². The number of carbonyl (C=O) groups excluding carboxylic acids is 1. The second-order valence-electron chi connectivity index (χ2n) is 10.1. The number of carbonyl (C=O) groups is 1. The third kappa shape index (κ3) is 6.54. The summed E-state index contributed by atoms with van der Waals surface area (Å²) in [4.78, 5) is 32.2. The molecule has 43 heavy (non-hydrogen) atoms. The molecule has 0 aliphatic carbocycles. The minimum atomic E-state index is -0.648. The number of hydrogen-bond donors (Lipinski definition) is 0. The maximum atomic E-state index is 13.9. The predicted molar refractivity (Wildman–Crippen MR) is 173 cm³/mol. The zero-order valence-electron chi connectivity index (χ0n) is 24.0. The van der Waals surface area contributed by atoms with Crippen LogP contribution in [-0.4, -0.2) is 17.1 Å². The molecule has 2 heterocycles. The first-order valence-corrected chi connectivity index (χ1v) is 15.3. The smallest absolute Gasteiger partial charge is 0.338 e. The molecule has 0 spiro atoms. The number of nitrogens with zero attached hydrogens (tertiary/aromatic N) is 2. The topological polar surface area (TPSA) is 69.9 Å². The highest BCUT2D eigenvalue weighted by atomic mass is 35.5. The van der Waals surface area contributed by atoms with Crippen molar-refractivity contribution in [2.24, 2.45) is 4.99 Å². The van der Waals surface area contributed by atoms with Crippen LogP contribution in [0, 0.1) is 6.92 Å². The van der Waals surface area contributed by atoms with Gasteiger partial charge in [0.25, 0.3) is 5.56 Å². The Hall–Kier alpha value is -3.91. The molecule has 0 amide bonds. The van der Waals surface area contributed by atoms with Crippen LogP contribution in [0.1, 0.15) is 47.7 Å². The van der Waals surface area contributed by atoms with Crippen molar-refractivity contribution < 1.29 is 14.3 Å². The Morgan fingerprint density at radius 1 is 1.07 bits per heavy atom. The maximum Gasteiger partial charge on any atom is 0.338 e. The molecule has 0 radical (unpaired) electrons. The molecule has 220 valence electrons. The first-order valence-electron chi connectivity index (χ1n) is 13.8. The summed E-state index contributed by atoms with van der Waals surface area (Å²) in [5.41, 5.74) is 5.12. The van der Waals surface area contributed by atoms with Gasteiger partial charge >= 0.3 is 5.97 Å². The Bertz CT molecular complexity index is 1920. The Balaban J connectivity index is 1.55. The van der Waals surface area contributed by atoms with Gasteiger partial charge in [-0.25, -0.2) is 9.79 Å². The zero-order valence-corrected chi connectivity index (χ0v) is 26.4. The van der Waals surface area contributed by atoms with Crippen molar-refractivity contribution >= 4 is 46.6 Å².